The molecule has 1 amide bonds. The SMILES string of the molecule is COC1=CCCC(C(=O)NCC(=O)c2cc(F)c(F)c(OC)c2)=C1C. The van der Waals surface area contributed by atoms with Gasteiger partial charge in [0.05, 0.1) is 20.8 Å². The summed E-state index contributed by atoms with van der Waals surface area (Å²) < 4.78 is 36.8. The summed E-state index contributed by atoms with van der Waals surface area (Å²) in [5.41, 5.74) is 1.17. The van der Waals surface area contributed by atoms with E-state index in [2.05, 4.69) is 5.32 Å². The van der Waals surface area contributed by atoms with Crippen molar-refractivity contribution in [2.75, 3.05) is 20.8 Å². The van der Waals surface area contributed by atoms with Crippen LogP contribution >= 0.6 is 0 Å². The molecule has 0 atom stereocenters. The number of ether oxygens (including phenoxy) is 2. The van der Waals surface area contributed by atoms with Gasteiger partial charge in [-0.05, 0) is 43.5 Å². The maximum Gasteiger partial charge on any atom is 0.247 e. The number of nitrogens with one attached hydrogen (secondary N) is 1. The summed E-state index contributed by atoms with van der Waals surface area (Å²) in [7, 11) is 2.70. The monoisotopic (exact) mass is 351 g/mol. The molecule has 134 valence electrons. The van der Waals surface area contributed by atoms with E-state index < -0.39 is 17.4 Å². The van der Waals surface area contributed by atoms with Gasteiger partial charge in [-0.3, -0.25) is 9.59 Å². The van der Waals surface area contributed by atoms with Crippen molar-refractivity contribution in [3.63, 3.8) is 0 Å². The topological polar surface area (TPSA) is 64.6 Å². The van der Waals surface area contributed by atoms with Gasteiger partial charge < -0.3 is 14.8 Å². The molecule has 1 aliphatic carbocycles. The molecule has 5 nitrogen and oxygen atoms in total. The predicted molar refractivity (Wildman–Crippen MR) is 87.3 cm³/mol. The Morgan fingerprint density at radius 3 is 2.56 bits per heavy atom. The fourth-order valence-corrected chi connectivity index (χ4v) is 2.60. The van der Waals surface area contributed by atoms with Gasteiger partial charge in [-0.1, -0.05) is 0 Å². The molecule has 0 saturated carbocycles. The summed E-state index contributed by atoms with van der Waals surface area (Å²) in [6.07, 6.45) is 3.10. The third-order valence-corrected chi connectivity index (χ3v) is 3.99. The van der Waals surface area contributed by atoms with Crippen LogP contribution < -0.4 is 10.1 Å². The molecule has 0 unspecified atom stereocenters. The van der Waals surface area contributed by atoms with E-state index in [1.165, 1.54) is 14.2 Å². The van der Waals surface area contributed by atoms with Gasteiger partial charge in [0, 0.05) is 11.1 Å². The lowest BCUT2D eigenvalue weighted by molar-refractivity contribution is -0.117. The average Bonchev–Trinajstić information content (AvgIpc) is 2.61. The molecule has 1 N–H and O–H groups in total. The molecule has 1 aliphatic rings. The molecular formula is C18H19F2NO4. The van der Waals surface area contributed by atoms with E-state index in [1.807, 2.05) is 6.08 Å². The lowest BCUT2D eigenvalue weighted by Gasteiger charge is -2.18. The van der Waals surface area contributed by atoms with E-state index in [1.54, 1.807) is 6.92 Å². The van der Waals surface area contributed by atoms with E-state index in [0.717, 1.165) is 12.1 Å². The van der Waals surface area contributed by atoms with Crippen LogP contribution in [0.15, 0.2) is 35.1 Å². The van der Waals surface area contributed by atoms with Crippen LogP contribution in [0.2, 0.25) is 0 Å². The molecule has 0 aromatic heterocycles. The highest BCUT2D eigenvalue weighted by molar-refractivity contribution is 6.02. The smallest absolute Gasteiger partial charge is 0.247 e. The van der Waals surface area contributed by atoms with E-state index in [-0.39, 0.29) is 23.8 Å². The zero-order valence-electron chi connectivity index (χ0n) is 14.2. The molecule has 0 radical (unpaired) electrons. The number of hydrogen-bond donors (Lipinski definition) is 1. The molecule has 0 spiro atoms. The summed E-state index contributed by atoms with van der Waals surface area (Å²) in [6, 6.07) is 1.88. The highest BCUT2D eigenvalue weighted by Crippen LogP contribution is 2.25. The minimum Gasteiger partial charge on any atom is -0.497 e. The highest BCUT2D eigenvalue weighted by Gasteiger charge is 2.21. The van der Waals surface area contributed by atoms with Crippen molar-refractivity contribution in [3.8, 4) is 5.75 Å². The largest absolute Gasteiger partial charge is 0.497 e. The molecule has 0 heterocycles. The summed E-state index contributed by atoms with van der Waals surface area (Å²) >= 11 is 0. The number of carbonyl (C=O) groups is 2. The van der Waals surface area contributed by atoms with Crippen molar-refractivity contribution < 1.29 is 27.8 Å². The summed E-state index contributed by atoms with van der Waals surface area (Å²) in [5, 5.41) is 2.51. The van der Waals surface area contributed by atoms with Gasteiger partial charge in [0.15, 0.2) is 17.3 Å². The Kier molecular flexibility index (Phi) is 5.90. The number of methoxy groups -OCH3 is 2. The van der Waals surface area contributed by atoms with Crippen LogP contribution in [0.25, 0.3) is 0 Å². The molecule has 0 fully saturated rings. The number of hydrogen-bond acceptors (Lipinski definition) is 4. The summed E-state index contributed by atoms with van der Waals surface area (Å²) in [4.78, 5) is 24.4. The van der Waals surface area contributed by atoms with Crippen LogP contribution in [0.1, 0.15) is 30.1 Å². The maximum atomic E-state index is 13.5. The number of benzene rings is 1. The lowest BCUT2D eigenvalue weighted by atomic mass is 9.96. The minimum atomic E-state index is -1.19. The van der Waals surface area contributed by atoms with Gasteiger partial charge >= 0.3 is 0 Å². The van der Waals surface area contributed by atoms with Crippen LogP contribution in [0, 0.1) is 11.6 Å². The van der Waals surface area contributed by atoms with E-state index in [9.17, 15) is 18.4 Å². The first kappa shape index (κ1) is 18.6. The van der Waals surface area contributed by atoms with Crippen LogP contribution in [-0.4, -0.2) is 32.5 Å². The molecule has 0 bridgehead atoms. The maximum absolute atomic E-state index is 13.5. The van der Waals surface area contributed by atoms with Gasteiger partial charge in [0.2, 0.25) is 11.7 Å². The van der Waals surface area contributed by atoms with Crippen LogP contribution in [0.4, 0.5) is 8.78 Å². The van der Waals surface area contributed by atoms with Crippen molar-refractivity contribution >= 4 is 11.7 Å². The van der Waals surface area contributed by atoms with Gasteiger partial charge in [-0.15, -0.1) is 0 Å². The molecule has 7 heteroatoms. The Morgan fingerprint density at radius 1 is 1.20 bits per heavy atom. The molecule has 0 aliphatic heterocycles. The number of allylic oxidation sites excluding steroid dienone is 2. The number of rotatable bonds is 6. The second kappa shape index (κ2) is 7.92. The fraction of sp³-hybridized carbons (Fsp3) is 0.333. The Bertz CT molecular complexity index is 769. The van der Waals surface area contributed by atoms with Crippen molar-refractivity contribution in [2.24, 2.45) is 0 Å². The number of carbonyl (C=O) groups excluding carboxylic acids is 2. The van der Waals surface area contributed by atoms with Crippen LogP contribution in [-0.2, 0) is 9.53 Å². The van der Waals surface area contributed by atoms with E-state index in [0.29, 0.717) is 29.7 Å². The fourth-order valence-electron chi connectivity index (χ4n) is 2.60. The zero-order chi connectivity index (χ0) is 18.6. The second-order valence-corrected chi connectivity index (χ2v) is 5.49. The summed E-state index contributed by atoms with van der Waals surface area (Å²) in [5.74, 6) is -3.02. The number of halogens is 2. The third-order valence-electron chi connectivity index (χ3n) is 3.99. The first-order valence-corrected chi connectivity index (χ1v) is 7.67. The zero-order valence-corrected chi connectivity index (χ0v) is 14.2. The standard InChI is InChI=1S/C18H19F2NO4/c1-10-12(5-4-6-15(10)24-2)18(23)21-9-14(22)11-7-13(19)17(20)16(8-11)25-3/h6-8H,4-5,9H2,1-3H3,(H,21,23). The first-order valence-electron chi connectivity index (χ1n) is 7.67. The number of amides is 1. The Balaban J connectivity index is 2.09. The molecule has 1 aromatic carbocycles. The number of Topliss-reactive ketones (excluding diaryl/α,β-unsaturated/α-hetero) is 1. The average molecular weight is 351 g/mol. The van der Waals surface area contributed by atoms with Crippen molar-refractivity contribution in [1.82, 2.24) is 5.32 Å². The molecular weight excluding hydrogens is 332 g/mol. The van der Waals surface area contributed by atoms with Crippen molar-refractivity contribution in [2.45, 2.75) is 19.8 Å². The van der Waals surface area contributed by atoms with Gasteiger partial charge in [-0.2, -0.15) is 4.39 Å². The quantitative estimate of drug-likeness (QED) is 0.801. The third kappa shape index (κ3) is 4.04. The van der Waals surface area contributed by atoms with Crippen LogP contribution in [0.3, 0.4) is 0 Å². The minimum absolute atomic E-state index is 0.0807. The van der Waals surface area contributed by atoms with E-state index in [4.69, 9.17) is 9.47 Å². The Hall–Kier alpha value is -2.70. The Labute approximate surface area is 144 Å². The van der Waals surface area contributed by atoms with Crippen LogP contribution in [0.5, 0.6) is 5.75 Å². The van der Waals surface area contributed by atoms with Gasteiger partial charge in [0.25, 0.3) is 0 Å². The lowest BCUT2D eigenvalue weighted by Crippen LogP contribution is -2.32. The highest BCUT2D eigenvalue weighted by atomic mass is 19.2. The molecule has 0 saturated heterocycles. The predicted octanol–water partition coefficient (Wildman–Crippen LogP) is 2.91. The normalized spacial score (nSPS) is 14.0. The van der Waals surface area contributed by atoms with Gasteiger partial charge in [0.1, 0.15) is 5.76 Å². The molecule has 25 heavy (non-hydrogen) atoms. The Morgan fingerprint density at radius 2 is 1.92 bits per heavy atom. The second-order valence-electron chi connectivity index (χ2n) is 5.49. The molecule has 1 aromatic rings. The van der Waals surface area contributed by atoms with Crippen molar-refractivity contribution in [1.29, 1.82) is 0 Å². The number of ketones is 1. The molecule has 2 rings (SSSR count). The van der Waals surface area contributed by atoms with E-state index >= 15 is 0 Å². The summed E-state index contributed by atoms with van der Waals surface area (Å²) in [6.45, 7) is 1.43. The first-order chi connectivity index (χ1) is 11.9. The van der Waals surface area contributed by atoms with Gasteiger partial charge in [-0.25, -0.2) is 4.39 Å². The van der Waals surface area contributed by atoms with Crippen molar-refractivity contribution in [3.05, 3.63) is 52.3 Å².